The molecule has 0 radical (unpaired) electrons. The average Bonchev–Trinajstić information content (AvgIpc) is 2.55. The van der Waals surface area contributed by atoms with Crippen LogP contribution in [0.15, 0.2) is 30.3 Å². The summed E-state index contributed by atoms with van der Waals surface area (Å²) < 4.78 is 10.7. The van der Waals surface area contributed by atoms with Crippen molar-refractivity contribution in [2.45, 2.75) is 12.5 Å². The van der Waals surface area contributed by atoms with E-state index >= 15 is 0 Å². The minimum atomic E-state index is -0.111. The van der Waals surface area contributed by atoms with Gasteiger partial charge in [0.1, 0.15) is 11.5 Å². The predicted octanol–water partition coefficient (Wildman–Crippen LogP) is 2.35. The summed E-state index contributed by atoms with van der Waals surface area (Å²) in [6.45, 7) is 0.789. The number of ether oxygens (including phenoxy) is 2. The zero-order valence-corrected chi connectivity index (χ0v) is 12.6. The molecule has 0 saturated heterocycles. The third-order valence-corrected chi connectivity index (χ3v) is 4.04. The number of aromatic hydroxyl groups is 2. The summed E-state index contributed by atoms with van der Waals surface area (Å²) in [6.07, 6.45) is 0.804. The van der Waals surface area contributed by atoms with Crippen molar-refractivity contribution in [2.24, 2.45) is 0 Å². The topological polar surface area (TPSA) is 71.0 Å². The van der Waals surface area contributed by atoms with Crippen LogP contribution < -0.4 is 14.8 Å². The molecule has 3 N–H and O–H groups in total. The summed E-state index contributed by atoms with van der Waals surface area (Å²) in [5.74, 6) is 1.25. The van der Waals surface area contributed by atoms with Crippen molar-refractivity contribution in [3.63, 3.8) is 0 Å². The maximum atomic E-state index is 9.82. The summed E-state index contributed by atoms with van der Waals surface area (Å²) in [5, 5.41) is 22.9. The minimum Gasteiger partial charge on any atom is -0.504 e. The van der Waals surface area contributed by atoms with E-state index in [4.69, 9.17) is 9.47 Å². The molecule has 0 saturated carbocycles. The quantitative estimate of drug-likeness (QED) is 0.759. The fourth-order valence-electron chi connectivity index (χ4n) is 2.92. The van der Waals surface area contributed by atoms with Gasteiger partial charge in [-0.3, -0.25) is 0 Å². The molecule has 22 heavy (non-hydrogen) atoms. The van der Waals surface area contributed by atoms with Crippen LogP contribution in [0.3, 0.4) is 0 Å². The maximum Gasteiger partial charge on any atom is 0.157 e. The van der Waals surface area contributed by atoms with E-state index in [0.717, 1.165) is 41.2 Å². The highest BCUT2D eigenvalue weighted by Crippen LogP contribution is 2.39. The van der Waals surface area contributed by atoms with E-state index in [1.54, 1.807) is 26.4 Å². The molecule has 2 aromatic carbocycles. The summed E-state index contributed by atoms with van der Waals surface area (Å²) in [4.78, 5) is 0. The van der Waals surface area contributed by atoms with Crippen molar-refractivity contribution in [3.05, 3.63) is 47.0 Å². The molecule has 0 aromatic heterocycles. The maximum absolute atomic E-state index is 9.82. The third-order valence-electron chi connectivity index (χ3n) is 4.04. The van der Waals surface area contributed by atoms with E-state index in [1.165, 1.54) is 0 Å². The molecule has 0 spiro atoms. The van der Waals surface area contributed by atoms with Crippen LogP contribution >= 0.6 is 0 Å². The molecular weight excluding hydrogens is 282 g/mol. The summed E-state index contributed by atoms with van der Waals surface area (Å²) in [6, 6.07) is 8.82. The van der Waals surface area contributed by atoms with Crippen LogP contribution in [-0.2, 0) is 6.42 Å². The summed E-state index contributed by atoms with van der Waals surface area (Å²) in [7, 11) is 3.24. The first-order valence-electron chi connectivity index (χ1n) is 7.14. The average molecular weight is 301 g/mol. The zero-order chi connectivity index (χ0) is 15.7. The number of hydrogen-bond acceptors (Lipinski definition) is 5. The van der Waals surface area contributed by atoms with Gasteiger partial charge in [-0.2, -0.15) is 0 Å². The first kappa shape index (κ1) is 14.5. The largest absolute Gasteiger partial charge is 0.504 e. The van der Waals surface area contributed by atoms with Crippen LogP contribution in [0.5, 0.6) is 23.0 Å². The molecular formula is C17H19NO4. The smallest absolute Gasteiger partial charge is 0.157 e. The molecule has 5 heteroatoms. The molecule has 0 aliphatic carbocycles. The molecule has 3 rings (SSSR count). The van der Waals surface area contributed by atoms with Crippen molar-refractivity contribution >= 4 is 0 Å². The first-order valence-corrected chi connectivity index (χ1v) is 7.14. The molecule has 0 amide bonds. The Kier molecular flexibility index (Phi) is 3.81. The van der Waals surface area contributed by atoms with E-state index < -0.39 is 0 Å². The Morgan fingerprint density at radius 3 is 2.50 bits per heavy atom. The van der Waals surface area contributed by atoms with Gasteiger partial charge in [0.2, 0.25) is 0 Å². The Labute approximate surface area is 129 Å². The highest BCUT2D eigenvalue weighted by Gasteiger charge is 2.25. The lowest BCUT2D eigenvalue weighted by atomic mass is 9.89. The number of phenolic OH excluding ortho intramolecular Hbond substituents is 2. The lowest BCUT2D eigenvalue weighted by Crippen LogP contribution is -2.30. The second-order valence-corrected chi connectivity index (χ2v) is 5.28. The van der Waals surface area contributed by atoms with Crippen LogP contribution in [0.1, 0.15) is 22.7 Å². The van der Waals surface area contributed by atoms with Gasteiger partial charge in [0.25, 0.3) is 0 Å². The zero-order valence-electron chi connectivity index (χ0n) is 12.6. The first-order chi connectivity index (χ1) is 10.6. The van der Waals surface area contributed by atoms with Crippen LogP contribution in [0.25, 0.3) is 0 Å². The van der Waals surface area contributed by atoms with Gasteiger partial charge in [0, 0.05) is 18.2 Å². The van der Waals surface area contributed by atoms with Gasteiger partial charge < -0.3 is 25.0 Å². The molecule has 0 unspecified atom stereocenters. The highest BCUT2D eigenvalue weighted by molar-refractivity contribution is 5.53. The number of nitrogens with one attached hydrogen (secondary N) is 1. The Balaban J connectivity index is 2.09. The van der Waals surface area contributed by atoms with Gasteiger partial charge in [0.15, 0.2) is 11.5 Å². The van der Waals surface area contributed by atoms with Gasteiger partial charge in [0.05, 0.1) is 20.3 Å². The number of rotatable bonds is 3. The third kappa shape index (κ3) is 2.44. The molecule has 0 bridgehead atoms. The van der Waals surface area contributed by atoms with Gasteiger partial charge in [-0.25, -0.2) is 0 Å². The molecule has 2 aromatic rings. The monoisotopic (exact) mass is 301 g/mol. The number of phenols is 2. The SMILES string of the molecule is COc1ccc([C@@H]2NCCc3cc(O)c(O)cc32)c(OC)c1. The summed E-state index contributed by atoms with van der Waals surface area (Å²) in [5.41, 5.74) is 2.94. The van der Waals surface area contributed by atoms with Crippen molar-refractivity contribution in [3.8, 4) is 23.0 Å². The summed E-state index contributed by atoms with van der Waals surface area (Å²) >= 11 is 0. The van der Waals surface area contributed by atoms with Crippen LogP contribution in [0, 0.1) is 0 Å². The van der Waals surface area contributed by atoms with Crippen LogP contribution in [-0.4, -0.2) is 31.0 Å². The second kappa shape index (κ2) is 5.77. The molecule has 1 aliphatic heterocycles. The molecule has 116 valence electrons. The lowest BCUT2D eigenvalue weighted by Gasteiger charge is -2.29. The Morgan fingerprint density at radius 1 is 1.00 bits per heavy atom. The molecule has 0 fully saturated rings. The van der Waals surface area contributed by atoms with Gasteiger partial charge >= 0.3 is 0 Å². The van der Waals surface area contributed by atoms with E-state index in [2.05, 4.69) is 5.32 Å². The van der Waals surface area contributed by atoms with Gasteiger partial charge in [-0.05, 0) is 41.8 Å². The highest BCUT2D eigenvalue weighted by atomic mass is 16.5. The number of methoxy groups -OCH3 is 2. The Morgan fingerprint density at radius 2 is 1.77 bits per heavy atom. The normalized spacial score (nSPS) is 16.9. The molecule has 1 atom stereocenters. The minimum absolute atomic E-state index is 0.0823. The number of fused-ring (bicyclic) bond motifs is 1. The van der Waals surface area contributed by atoms with Gasteiger partial charge in [-0.15, -0.1) is 0 Å². The second-order valence-electron chi connectivity index (χ2n) is 5.28. The molecule has 5 nitrogen and oxygen atoms in total. The van der Waals surface area contributed by atoms with Crippen LogP contribution in [0.2, 0.25) is 0 Å². The fourth-order valence-corrected chi connectivity index (χ4v) is 2.92. The van der Waals surface area contributed by atoms with E-state index in [-0.39, 0.29) is 17.5 Å². The van der Waals surface area contributed by atoms with Crippen molar-refractivity contribution in [1.29, 1.82) is 0 Å². The Bertz CT molecular complexity index is 699. The number of hydrogen-bond donors (Lipinski definition) is 3. The van der Waals surface area contributed by atoms with E-state index in [0.29, 0.717) is 0 Å². The predicted molar refractivity (Wildman–Crippen MR) is 82.9 cm³/mol. The van der Waals surface area contributed by atoms with Crippen molar-refractivity contribution in [1.82, 2.24) is 5.32 Å². The molecule has 1 heterocycles. The van der Waals surface area contributed by atoms with Crippen molar-refractivity contribution in [2.75, 3.05) is 20.8 Å². The Hall–Kier alpha value is -2.40. The fraction of sp³-hybridized carbons (Fsp3) is 0.294. The van der Waals surface area contributed by atoms with Crippen molar-refractivity contribution < 1.29 is 19.7 Å². The number of benzene rings is 2. The van der Waals surface area contributed by atoms with E-state index in [9.17, 15) is 10.2 Å². The lowest BCUT2D eigenvalue weighted by molar-refractivity contribution is 0.385. The van der Waals surface area contributed by atoms with Gasteiger partial charge in [-0.1, -0.05) is 0 Å². The van der Waals surface area contributed by atoms with Crippen LogP contribution in [0.4, 0.5) is 0 Å². The van der Waals surface area contributed by atoms with E-state index in [1.807, 2.05) is 18.2 Å². The molecule has 1 aliphatic rings. The standard InChI is InChI=1S/C17H19NO4/c1-21-11-3-4-12(16(8-11)22-2)17-13-9-15(20)14(19)7-10(13)5-6-18-17/h3-4,7-9,17-20H,5-6H2,1-2H3/t17-/m0/s1.